The first-order chi connectivity index (χ1) is 13.7. The molecule has 0 spiro atoms. The van der Waals surface area contributed by atoms with Crippen molar-refractivity contribution in [2.45, 2.75) is 32.1 Å². The summed E-state index contributed by atoms with van der Waals surface area (Å²) in [6.45, 7) is 6.06. The molecule has 3 saturated heterocycles. The zero-order chi connectivity index (χ0) is 19.4. The monoisotopic (exact) mass is 385 g/mol. The van der Waals surface area contributed by atoms with Crippen LogP contribution >= 0.6 is 0 Å². The van der Waals surface area contributed by atoms with Crippen molar-refractivity contribution in [1.29, 1.82) is 0 Å². The van der Waals surface area contributed by atoms with Crippen LogP contribution in [0, 0.1) is 11.3 Å². The number of rotatable bonds is 6. The average molecular weight is 386 g/mol. The van der Waals surface area contributed by atoms with Crippen molar-refractivity contribution in [2.75, 3.05) is 50.8 Å². The van der Waals surface area contributed by atoms with Crippen LogP contribution in [-0.4, -0.2) is 62.7 Å². The van der Waals surface area contributed by atoms with E-state index in [9.17, 15) is 9.59 Å². The molecule has 0 radical (unpaired) electrons. The maximum atomic E-state index is 12.9. The summed E-state index contributed by atoms with van der Waals surface area (Å²) in [5, 5.41) is 3.20. The van der Waals surface area contributed by atoms with Gasteiger partial charge in [-0.25, -0.2) is 0 Å². The molecule has 28 heavy (non-hydrogen) atoms. The Morgan fingerprint density at radius 2 is 1.86 bits per heavy atom. The van der Waals surface area contributed by atoms with Gasteiger partial charge >= 0.3 is 0 Å². The van der Waals surface area contributed by atoms with Crippen LogP contribution in [0.15, 0.2) is 30.3 Å². The number of hydrogen-bond acceptors (Lipinski definition) is 4. The number of carbonyl (C=O) groups is 2. The smallest absolute Gasteiger partial charge is 0.227 e. The topological polar surface area (TPSA) is 61.9 Å². The van der Waals surface area contributed by atoms with Crippen molar-refractivity contribution >= 4 is 17.5 Å². The molecule has 152 valence electrons. The van der Waals surface area contributed by atoms with Gasteiger partial charge in [0.15, 0.2) is 0 Å². The van der Waals surface area contributed by atoms with Gasteiger partial charge < -0.3 is 19.9 Å². The molecule has 3 fully saturated rings. The number of nitrogens with zero attached hydrogens (tertiary/aromatic N) is 2. The number of hydrogen-bond donors (Lipinski definition) is 1. The van der Waals surface area contributed by atoms with Crippen LogP contribution in [0.1, 0.15) is 32.1 Å². The predicted octanol–water partition coefficient (Wildman–Crippen LogP) is 2.05. The lowest BCUT2D eigenvalue weighted by molar-refractivity contribution is -0.127. The standard InChI is InChI=1S/C22H31N3O3/c26-20-14-18(15-25(20)19-6-2-1-3-7-19)21(27)23-16-22(8-12-28-13-9-22)17-24-10-4-5-11-24/h1-3,6-7,18H,4-5,8-17H2,(H,23,27). The molecule has 1 aromatic carbocycles. The lowest BCUT2D eigenvalue weighted by Gasteiger charge is -2.40. The predicted molar refractivity (Wildman–Crippen MR) is 108 cm³/mol. The highest BCUT2D eigenvalue weighted by Crippen LogP contribution is 2.32. The third kappa shape index (κ3) is 4.39. The Morgan fingerprint density at radius 3 is 2.57 bits per heavy atom. The Kier molecular flexibility index (Phi) is 5.97. The van der Waals surface area contributed by atoms with Gasteiger partial charge in [0, 0.05) is 50.4 Å². The maximum absolute atomic E-state index is 12.9. The Labute approximate surface area is 167 Å². The van der Waals surface area contributed by atoms with E-state index < -0.39 is 0 Å². The minimum atomic E-state index is -0.267. The van der Waals surface area contributed by atoms with Crippen LogP contribution in [-0.2, 0) is 14.3 Å². The van der Waals surface area contributed by atoms with Gasteiger partial charge in [0.05, 0.1) is 5.92 Å². The van der Waals surface area contributed by atoms with Crippen LogP contribution in [0.5, 0.6) is 0 Å². The van der Waals surface area contributed by atoms with E-state index in [2.05, 4.69) is 10.2 Å². The van der Waals surface area contributed by atoms with Crippen molar-refractivity contribution in [3.63, 3.8) is 0 Å². The zero-order valence-electron chi connectivity index (χ0n) is 16.6. The van der Waals surface area contributed by atoms with E-state index in [-0.39, 0.29) is 23.1 Å². The van der Waals surface area contributed by atoms with Crippen LogP contribution in [0.4, 0.5) is 5.69 Å². The molecular weight excluding hydrogens is 354 g/mol. The first-order valence-electron chi connectivity index (χ1n) is 10.6. The number of para-hydroxylation sites is 1. The number of anilines is 1. The number of amides is 2. The summed E-state index contributed by atoms with van der Waals surface area (Å²) in [5.74, 6) is -0.223. The van der Waals surface area contributed by atoms with E-state index in [0.717, 1.165) is 38.3 Å². The van der Waals surface area contributed by atoms with Crippen LogP contribution < -0.4 is 10.2 Å². The Balaban J connectivity index is 1.35. The molecule has 0 aliphatic carbocycles. The van der Waals surface area contributed by atoms with Crippen molar-refractivity contribution in [2.24, 2.45) is 11.3 Å². The van der Waals surface area contributed by atoms with Gasteiger partial charge in [0.2, 0.25) is 11.8 Å². The zero-order valence-corrected chi connectivity index (χ0v) is 16.6. The van der Waals surface area contributed by atoms with E-state index in [1.165, 1.54) is 25.9 Å². The van der Waals surface area contributed by atoms with Crippen molar-refractivity contribution in [1.82, 2.24) is 10.2 Å². The molecule has 3 heterocycles. The highest BCUT2D eigenvalue weighted by molar-refractivity contribution is 6.00. The third-order valence-electron chi connectivity index (χ3n) is 6.51. The van der Waals surface area contributed by atoms with E-state index in [1.807, 2.05) is 30.3 Å². The molecule has 0 saturated carbocycles. The highest BCUT2D eigenvalue weighted by Gasteiger charge is 2.38. The molecule has 4 rings (SSSR count). The van der Waals surface area contributed by atoms with Crippen molar-refractivity contribution in [3.8, 4) is 0 Å². The number of benzene rings is 1. The molecule has 1 atom stereocenters. The summed E-state index contributed by atoms with van der Waals surface area (Å²) in [4.78, 5) is 29.5. The van der Waals surface area contributed by atoms with Gasteiger partial charge in [-0.3, -0.25) is 9.59 Å². The molecule has 3 aliphatic heterocycles. The Bertz CT molecular complexity index is 682. The molecule has 1 unspecified atom stereocenters. The maximum Gasteiger partial charge on any atom is 0.227 e. The minimum absolute atomic E-state index is 0.0130. The molecule has 3 aliphatic rings. The fourth-order valence-electron chi connectivity index (χ4n) is 4.77. The molecule has 2 amide bonds. The fraction of sp³-hybridized carbons (Fsp3) is 0.636. The molecule has 0 bridgehead atoms. The van der Waals surface area contributed by atoms with Crippen LogP contribution in [0.25, 0.3) is 0 Å². The summed E-state index contributed by atoms with van der Waals surface area (Å²) < 4.78 is 5.59. The summed E-state index contributed by atoms with van der Waals surface area (Å²) in [5.41, 5.74) is 0.970. The second-order valence-electron chi connectivity index (χ2n) is 8.55. The number of carbonyl (C=O) groups excluding carboxylic acids is 2. The molecule has 1 N–H and O–H groups in total. The summed E-state index contributed by atoms with van der Waals surface area (Å²) in [6.07, 6.45) is 4.83. The van der Waals surface area contributed by atoms with Gasteiger partial charge in [-0.1, -0.05) is 18.2 Å². The lowest BCUT2D eigenvalue weighted by Crippen LogP contribution is -2.49. The minimum Gasteiger partial charge on any atom is -0.381 e. The van der Waals surface area contributed by atoms with Crippen molar-refractivity contribution in [3.05, 3.63) is 30.3 Å². The molecule has 0 aromatic heterocycles. The number of ether oxygens (including phenoxy) is 1. The quantitative estimate of drug-likeness (QED) is 0.814. The lowest BCUT2D eigenvalue weighted by atomic mass is 9.79. The van der Waals surface area contributed by atoms with Crippen molar-refractivity contribution < 1.29 is 14.3 Å². The summed E-state index contributed by atoms with van der Waals surface area (Å²) in [7, 11) is 0. The van der Waals surface area contributed by atoms with E-state index in [0.29, 0.717) is 19.5 Å². The van der Waals surface area contributed by atoms with Gasteiger partial charge in [0.25, 0.3) is 0 Å². The van der Waals surface area contributed by atoms with E-state index >= 15 is 0 Å². The largest absolute Gasteiger partial charge is 0.381 e. The number of likely N-dealkylation sites (tertiary alicyclic amines) is 1. The third-order valence-corrected chi connectivity index (χ3v) is 6.51. The van der Waals surface area contributed by atoms with E-state index in [4.69, 9.17) is 4.74 Å². The second-order valence-corrected chi connectivity index (χ2v) is 8.55. The fourth-order valence-corrected chi connectivity index (χ4v) is 4.77. The average Bonchev–Trinajstić information content (AvgIpc) is 3.37. The van der Waals surface area contributed by atoms with E-state index in [1.54, 1.807) is 4.90 Å². The first kappa shape index (κ1) is 19.4. The van der Waals surface area contributed by atoms with Gasteiger partial charge in [-0.05, 0) is 50.9 Å². The summed E-state index contributed by atoms with van der Waals surface area (Å²) >= 11 is 0. The molecule has 6 nitrogen and oxygen atoms in total. The molecular formula is C22H31N3O3. The highest BCUT2D eigenvalue weighted by atomic mass is 16.5. The van der Waals surface area contributed by atoms with Crippen LogP contribution in [0.3, 0.4) is 0 Å². The normalized spacial score (nSPS) is 25.2. The SMILES string of the molecule is O=C(NCC1(CN2CCCC2)CCOCC1)C1CC(=O)N(c2ccccc2)C1. The Hall–Kier alpha value is -1.92. The van der Waals surface area contributed by atoms with Crippen LogP contribution in [0.2, 0.25) is 0 Å². The Morgan fingerprint density at radius 1 is 1.14 bits per heavy atom. The molecule has 1 aromatic rings. The number of nitrogens with one attached hydrogen (secondary N) is 1. The van der Waals surface area contributed by atoms with Gasteiger partial charge in [0.1, 0.15) is 0 Å². The first-order valence-corrected chi connectivity index (χ1v) is 10.6. The summed E-state index contributed by atoms with van der Waals surface area (Å²) in [6, 6.07) is 9.62. The van der Waals surface area contributed by atoms with Gasteiger partial charge in [-0.2, -0.15) is 0 Å². The van der Waals surface area contributed by atoms with Gasteiger partial charge in [-0.15, -0.1) is 0 Å². The second kappa shape index (κ2) is 8.62. The molecule has 6 heteroatoms.